The molecule has 0 bridgehead atoms. The number of amides is 2. The molecule has 2 aromatic carbocycles. The van der Waals surface area contributed by atoms with Crippen LogP contribution in [0, 0.1) is 5.82 Å². The van der Waals surface area contributed by atoms with Crippen molar-refractivity contribution in [2.24, 2.45) is 0 Å². The Bertz CT molecular complexity index is 764. The number of nitrogens with one attached hydrogen (secondary N) is 2. The van der Waals surface area contributed by atoms with Gasteiger partial charge < -0.3 is 20.1 Å². The third-order valence-corrected chi connectivity index (χ3v) is 3.09. The molecule has 132 valence electrons. The summed E-state index contributed by atoms with van der Waals surface area (Å²) in [5.41, 5.74) is 0.577. The molecule has 0 radical (unpaired) electrons. The van der Waals surface area contributed by atoms with Gasteiger partial charge in [0.2, 0.25) is 0 Å². The molecule has 0 aliphatic heterocycles. The maximum Gasteiger partial charge on any atom is 0.314 e. The van der Waals surface area contributed by atoms with Gasteiger partial charge in [0.05, 0.1) is 13.2 Å². The molecule has 0 aromatic heterocycles. The summed E-state index contributed by atoms with van der Waals surface area (Å²) in [6.45, 7) is 4.58. The van der Waals surface area contributed by atoms with Gasteiger partial charge in [0.25, 0.3) is 0 Å². The third kappa shape index (κ3) is 5.20. The van der Waals surface area contributed by atoms with Crippen LogP contribution in [0.5, 0.6) is 11.5 Å². The lowest BCUT2D eigenvalue weighted by Crippen LogP contribution is -2.29. The van der Waals surface area contributed by atoms with E-state index in [1.54, 1.807) is 18.2 Å². The lowest BCUT2D eigenvalue weighted by Gasteiger charge is -2.13. The Morgan fingerprint density at radius 3 is 2.08 bits per heavy atom. The first-order valence-electron chi connectivity index (χ1n) is 7.81. The number of carbonyl (C=O) groups excluding carboxylic acids is 2. The minimum Gasteiger partial charge on any atom is -0.490 e. The minimum atomic E-state index is -0.905. The van der Waals surface area contributed by atoms with Crippen LogP contribution < -0.4 is 20.1 Å². The van der Waals surface area contributed by atoms with Crippen molar-refractivity contribution in [3.63, 3.8) is 0 Å². The van der Waals surface area contributed by atoms with E-state index in [1.165, 1.54) is 18.2 Å². The SMILES string of the molecule is CCOc1ccc(NC(=O)C(=O)Nc2cccc(F)c2)cc1OCC. The number of hydrogen-bond donors (Lipinski definition) is 2. The van der Waals surface area contributed by atoms with Gasteiger partial charge in [0, 0.05) is 17.4 Å². The summed E-state index contributed by atoms with van der Waals surface area (Å²) in [6, 6.07) is 10.1. The van der Waals surface area contributed by atoms with Gasteiger partial charge in [-0.1, -0.05) is 6.07 Å². The van der Waals surface area contributed by atoms with Crippen LogP contribution in [-0.4, -0.2) is 25.0 Å². The van der Waals surface area contributed by atoms with Crippen LogP contribution in [0.1, 0.15) is 13.8 Å². The molecule has 0 unspecified atom stereocenters. The summed E-state index contributed by atoms with van der Waals surface area (Å²) in [7, 11) is 0. The van der Waals surface area contributed by atoms with Gasteiger partial charge in [-0.25, -0.2) is 4.39 Å². The van der Waals surface area contributed by atoms with E-state index in [0.29, 0.717) is 30.4 Å². The summed E-state index contributed by atoms with van der Waals surface area (Å²) in [5.74, 6) is -1.28. The molecule has 6 nitrogen and oxygen atoms in total. The van der Waals surface area contributed by atoms with Gasteiger partial charge in [-0.2, -0.15) is 0 Å². The fourth-order valence-electron chi connectivity index (χ4n) is 2.07. The standard InChI is InChI=1S/C18H19FN2O4/c1-3-24-15-9-8-14(11-16(15)25-4-2)21-18(23)17(22)20-13-7-5-6-12(19)10-13/h5-11H,3-4H2,1-2H3,(H,20,22)(H,21,23). The molecular formula is C18H19FN2O4. The second kappa shape index (κ2) is 8.68. The van der Waals surface area contributed by atoms with Crippen molar-refractivity contribution in [3.05, 3.63) is 48.3 Å². The summed E-state index contributed by atoms with van der Waals surface area (Å²) in [4.78, 5) is 23.9. The zero-order valence-corrected chi connectivity index (χ0v) is 14.0. The molecule has 2 N–H and O–H groups in total. The van der Waals surface area contributed by atoms with E-state index in [-0.39, 0.29) is 5.69 Å². The highest BCUT2D eigenvalue weighted by Crippen LogP contribution is 2.30. The molecule has 0 aliphatic carbocycles. The van der Waals surface area contributed by atoms with Gasteiger partial charge in [0.1, 0.15) is 5.82 Å². The van der Waals surface area contributed by atoms with E-state index >= 15 is 0 Å². The number of ether oxygens (including phenoxy) is 2. The number of hydrogen-bond acceptors (Lipinski definition) is 4. The van der Waals surface area contributed by atoms with Gasteiger partial charge in [0.15, 0.2) is 11.5 Å². The molecule has 0 saturated carbocycles. The van der Waals surface area contributed by atoms with Crippen molar-refractivity contribution >= 4 is 23.2 Å². The number of benzene rings is 2. The van der Waals surface area contributed by atoms with Crippen molar-refractivity contribution in [1.82, 2.24) is 0 Å². The zero-order chi connectivity index (χ0) is 18.2. The highest BCUT2D eigenvalue weighted by Gasteiger charge is 2.15. The quantitative estimate of drug-likeness (QED) is 0.788. The molecule has 2 aromatic rings. The number of anilines is 2. The fourth-order valence-corrected chi connectivity index (χ4v) is 2.07. The third-order valence-electron chi connectivity index (χ3n) is 3.09. The highest BCUT2D eigenvalue weighted by molar-refractivity contribution is 6.43. The Balaban J connectivity index is 2.06. The maximum absolute atomic E-state index is 13.1. The predicted octanol–water partition coefficient (Wildman–Crippen LogP) is 3.20. The van der Waals surface area contributed by atoms with Crippen LogP contribution in [0.4, 0.5) is 15.8 Å². The van der Waals surface area contributed by atoms with Crippen LogP contribution >= 0.6 is 0 Å². The van der Waals surface area contributed by atoms with Gasteiger partial charge in [-0.05, 0) is 44.2 Å². The topological polar surface area (TPSA) is 76.7 Å². The van der Waals surface area contributed by atoms with Crippen molar-refractivity contribution in [2.75, 3.05) is 23.8 Å². The molecule has 0 spiro atoms. The lowest BCUT2D eigenvalue weighted by atomic mass is 10.2. The first-order valence-corrected chi connectivity index (χ1v) is 7.81. The monoisotopic (exact) mass is 346 g/mol. The van der Waals surface area contributed by atoms with Crippen molar-refractivity contribution in [1.29, 1.82) is 0 Å². The Labute approximate surface area is 144 Å². The first-order chi connectivity index (χ1) is 12.0. The molecule has 0 atom stereocenters. The molecule has 0 fully saturated rings. The lowest BCUT2D eigenvalue weighted by molar-refractivity contribution is -0.133. The summed E-state index contributed by atoms with van der Waals surface area (Å²) in [6.07, 6.45) is 0. The number of carbonyl (C=O) groups is 2. The molecule has 2 amide bonds. The van der Waals surface area contributed by atoms with Crippen LogP contribution in [0.15, 0.2) is 42.5 Å². The van der Waals surface area contributed by atoms with Crippen LogP contribution in [0.3, 0.4) is 0 Å². The van der Waals surface area contributed by atoms with E-state index in [0.717, 1.165) is 6.07 Å². The zero-order valence-electron chi connectivity index (χ0n) is 14.0. The maximum atomic E-state index is 13.1. The summed E-state index contributed by atoms with van der Waals surface area (Å²) < 4.78 is 24.0. The van der Waals surface area contributed by atoms with E-state index in [2.05, 4.69) is 10.6 Å². The molecular weight excluding hydrogens is 327 g/mol. The molecule has 0 heterocycles. The average Bonchev–Trinajstić information content (AvgIpc) is 2.57. The Morgan fingerprint density at radius 1 is 0.880 bits per heavy atom. The van der Waals surface area contributed by atoms with Crippen LogP contribution in [-0.2, 0) is 9.59 Å². The molecule has 0 aliphatic rings. The Kier molecular flexibility index (Phi) is 6.33. The van der Waals surface area contributed by atoms with E-state index in [9.17, 15) is 14.0 Å². The Morgan fingerprint density at radius 2 is 1.48 bits per heavy atom. The summed E-state index contributed by atoms with van der Waals surface area (Å²) in [5, 5.41) is 4.79. The largest absolute Gasteiger partial charge is 0.490 e. The van der Waals surface area contributed by atoms with E-state index < -0.39 is 17.6 Å². The van der Waals surface area contributed by atoms with Crippen molar-refractivity contribution in [3.8, 4) is 11.5 Å². The molecule has 2 rings (SSSR count). The molecule has 0 saturated heterocycles. The summed E-state index contributed by atoms with van der Waals surface area (Å²) >= 11 is 0. The second-order valence-corrected chi connectivity index (χ2v) is 4.95. The van der Waals surface area contributed by atoms with Crippen molar-refractivity contribution in [2.45, 2.75) is 13.8 Å². The molecule has 7 heteroatoms. The smallest absolute Gasteiger partial charge is 0.314 e. The minimum absolute atomic E-state index is 0.196. The van der Waals surface area contributed by atoms with Gasteiger partial charge in [-0.15, -0.1) is 0 Å². The van der Waals surface area contributed by atoms with E-state index in [1.807, 2.05) is 13.8 Å². The first kappa shape index (κ1) is 18.3. The highest BCUT2D eigenvalue weighted by atomic mass is 19.1. The fraction of sp³-hybridized carbons (Fsp3) is 0.222. The van der Waals surface area contributed by atoms with Crippen molar-refractivity contribution < 1.29 is 23.5 Å². The predicted molar refractivity (Wildman–Crippen MR) is 92.4 cm³/mol. The molecule has 25 heavy (non-hydrogen) atoms. The second-order valence-electron chi connectivity index (χ2n) is 4.95. The normalized spacial score (nSPS) is 10.0. The van der Waals surface area contributed by atoms with Gasteiger partial charge >= 0.3 is 11.8 Å². The number of rotatable bonds is 6. The van der Waals surface area contributed by atoms with Gasteiger partial charge in [-0.3, -0.25) is 9.59 Å². The van der Waals surface area contributed by atoms with Crippen LogP contribution in [0.25, 0.3) is 0 Å². The average molecular weight is 346 g/mol. The van der Waals surface area contributed by atoms with Crippen LogP contribution in [0.2, 0.25) is 0 Å². The van der Waals surface area contributed by atoms with E-state index in [4.69, 9.17) is 9.47 Å². The number of halogens is 1. The Hall–Kier alpha value is -3.09.